The minimum Gasteiger partial charge on any atom is -0.507 e. The zero-order valence-electron chi connectivity index (χ0n) is 20.0. The predicted octanol–water partition coefficient (Wildman–Crippen LogP) is 4.45. The van der Waals surface area contributed by atoms with Gasteiger partial charge in [-0.1, -0.05) is 38.6 Å². The predicted molar refractivity (Wildman–Crippen MR) is 130 cm³/mol. The highest BCUT2D eigenvalue weighted by Crippen LogP contribution is 2.41. The van der Waals surface area contributed by atoms with Crippen molar-refractivity contribution in [2.45, 2.75) is 25.8 Å². The van der Waals surface area contributed by atoms with E-state index in [1.807, 2.05) is 13.8 Å². The molecular formula is C27H31NO6. The Balaban J connectivity index is 2.17. The fraction of sp³-hybridized carbons (Fsp3) is 0.333. The minimum atomic E-state index is -0.785. The molecule has 0 radical (unpaired) electrons. The first kappa shape index (κ1) is 25.1. The quantitative estimate of drug-likeness (QED) is 0.242. The number of carbonyl (C=O) groups is 2. The van der Waals surface area contributed by atoms with E-state index >= 15 is 0 Å². The number of Topliss-reactive ketones (excluding diaryl/α,β-unsaturated/α-hetero) is 1. The lowest BCUT2D eigenvalue weighted by Gasteiger charge is -2.25. The van der Waals surface area contributed by atoms with Crippen molar-refractivity contribution in [2.75, 3.05) is 34.0 Å². The molecule has 1 amide bonds. The van der Waals surface area contributed by atoms with Gasteiger partial charge in [-0.05, 0) is 47.4 Å². The van der Waals surface area contributed by atoms with Crippen molar-refractivity contribution in [3.05, 3.63) is 77.4 Å². The summed E-state index contributed by atoms with van der Waals surface area (Å²) < 4.78 is 16.3. The van der Waals surface area contributed by atoms with Gasteiger partial charge in [-0.2, -0.15) is 0 Å². The van der Waals surface area contributed by atoms with Gasteiger partial charge in [-0.15, -0.1) is 0 Å². The molecule has 1 N–H and O–H groups in total. The first-order valence-corrected chi connectivity index (χ1v) is 11.1. The molecule has 1 aliphatic rings. The van der Waals surface area contributed by atoms with Crippen LogP contribution in [0, 0.1) is 0 Å². The molecule has 3 rings (SSSR count). The van der Waals surface area contributed by atoms with Crippen LogP contribution in [0.15, 0.2) is 60.7 Å². The van der Waals surface area contributed by atoms with Crippen LogP contribution in [0.2, 0.25) is 0 Å². The van der Waals surface area contributed by atoms with Gasteiger partial charge in [0.15, 0.2) is 0 Å². The molecular weight excluding hydrogens is 434 g/mol. The molecule has 34 heavy (non-hydrogen) atoms. The topological polar surface area (TPSA) is 85.3 Å². The first-order valence-electron chi connectivity index (χ1n) is 11.1. The van der Waals surface area contributed by atoms with E-state index in [4.69, 9.17) is 14.2 Å². The molecule has 1 atom stereocenters. The van der Waals surface area contributed by atoms with Crippen molar-refractivity contribution in [1.82, 2.24) is 4.90 Å². The van der Waals surface area contributed by atoms with E-state index in [2.05, 4.69) is 6.58 Å². The Morgan fingerprint density at radius 1 is 1.18 bits per heavy atom. The SMILES string of the molecule is C=CCOc1cccc(C2/C(=C(\O)c3ccc(OC)c(C(C)C)c3)C(=O)C(=O)N2CCOC)c1. The van der Waals surface area contributed by atoms with E-state index in [1.54, 1.807) is 55.7 Å². The highest BCUT2D eigenvalue weighted by molar-refractivity contribution is 6.46. The van der Waals surface area contributed by atoms with Crippen LogP contribution in [0.4, 0.5) is 0 Å². The summed E-state index contributed by atoms with van der Waals surface area (Å²) in [6, 6.07) is 11.6. The molecule has 2 aromatic carbocycles. The number of nitrogens with zero attached hydrogens (tertiary/aromatic N) is 1. The van der Waals surface area contributed by atoms with Crippen molar-refractivity contribution in [2.24, 2.45) is 0 Å². The molecule has 1 aliphatic heterocycles. The maximum absolute atomic E-state index is 13.2. The largest absolute Gasteiger partial charge is 0.507 e. The third-order valence-corrected chi connectivity index (χ3v) is 5.74. The van der Waals surface area contributed by atoms with Gasteiger partial charge in [0.05, 0.1) is 25.3 Å². The van der Waals surface area contributed by atoms with Crippen LogP contribution in [-0.2, 0) is 14.3 Å². The molecule has 180 valence electrons. The number of likely N-dealkylation sites (tertiary alicyclic amines) is 1. The van der Waals surface area contributed by atoms with E-state index in [0.29, 0.717) is 29.2 Å². The van der Waals surface area contributed by atoms with Crippen LogP contribution >= 0.6 is 0 Å². The van der Waals surface area contributed by atoms with Crippen LogP contribution in [0.5, 0.6) is 11.5 Å². The van der Waals surface area contributed by atoms with Crippen molar-refractivity contribution < 1.29 is 28.9 Å². The number of methoxy groups -OCH3 is 2. The number of hydrogen-bond donors (Lipinski definition) is 1. The van der Waals surface area contributed by atoms with Gasteiger partial charge in [0, 0.05) is 19.2 Å². The second-order valence-corrected chi connectivity index (χ2v) is 8.27. The molecule has 0 bridgehead atoms. The number of carbonyl (C=O) groups excluding carboxylic acids is 2. The average molecular weight is 466 g/mol. The van der Waals surface area contributed by atoms with Crippen LogP contribution in [-0.4, -0.2) is 55.7 Å². The molecule has 7 nitrogen and oxygen atoms in total. The third kappa shape index (κ3) is 4.99. The normalized spacial score (nSPS) is 17.3. The fourth-order valence-corrected chi connectivity index (χ4v) is 4.06. The Labute approximate surface area is 200 Å². The lowest BCUT2D eigenvalue weighted by Crippen LogP contribution is -2.32. The fourth-order valence-electron chi connectivity index (χ4n) is 4.06. The van der Waals surface area contributed by atoms with Crippen LogP contribution < -0.4 is 9.47 Å². The van der Waals surface area contributed by atoms with Gasteiger partial charge in [0.25, 0.3) is 11.7 Å². The highest BCUT2D eigenvalue weighted by atomic mass is 16.5. The Kier molecular flexibility index (Phi) is 8.12. The molecule has 0 aliphatic carbocycles. The summed E-state index contributed by atoms with van der Waals surface area (Å²) in [5.41, 5.74) is 2.01. The molecule has 1 saturated heterocycles. The monoisotopic (exact) mass is 465 g/mol. The Bertz CT molecular complexity index is 1100. The van der Waals surface area contributed by atoms with Crippen LogP contribution in [0.25, 0.3) is 5.76 Å². The van der Waals surface area contributed by atoms with Gasteiger partial charge in [-0.3, -0.25) is 9.59 Å². The van der Waals surface area contributed by atoms with E-state index in [-0.39, 0.29) is 30.4 Å². The summed E-state index contributed by atoms with van der Waals surface area (Å²) in [5, 5.41) is 11.3. The number of ether oxygens (including phenoxy) is 3. The van der Waals surface area contributed by atoms with Gasteiger partial charge in [0.2, 0.25) is 0 Å². The number of aliphatic hydroxyl groups is 1. The Morgan fingerprint density at radius 3 is 2.59 bits per heavy atom. The molecule has 1 unspecified atom stereocenters. The summed E-state index contributed by atoms with van der Waals surface area (Å²) >= 11 is 0. The zero-order chi connectivity index (χ0) is 24.8. The minimum absolute atomic E-state index is 0.0295. The second kappa shape index (κ2) is 11.0. The van der Waals surface area contributed by atoms with Crippen molar-refractivity contribution in [1.29, 1.82) is 0 Å². The lowest BCUT2D eigenvalue weighted by molar-refractivity contribution is -0.140. The summed E-state index contributed by atoms with van der Waals surface area (Å²) in [4.78, 5) is 27.6. The van der Waals surface area contributed by atoms with E-state index in [0.717, 1.165) is 5.56 Å². The molecule has 2 aromatic rings. The maximum atomic E-state index is 13.2. The summed E-state index contributed by atoms with van der Waals surface area (Å²) in [5.74, 6) is -0.264. The van der Waals surface area contributed by atoms with Crippen molar-refractivity contribution in [3.63, 3.8) is 0 Å². The van der Waals surface area contributed by atoms with Gasteiger partial charge >= 0.3 is 0 Å². The van der Waals surface area contributed by atoms with Gasteiger partial charge in [0.1, 0.15) is 23.9 Å². The second-order valence-electron chi connectivity index (χ2n) is 8.27. The van der Waals surface area contributed by atoms with E-state index < -0.39 is 17.7 Å². The van der Waals surface area contributed by atoms with E-state index in [1.165, 1.54) is 12.0 Å². The van der Waals surface area contributed by atoms with Crippen molar-refractivity contribution in [3.8, 4) is 11.5 Å². The zero-order valence-corrected chi connectivity index (χ0v) is 20.0. The average Bonchev–Trinajstić information content (AvgIpc) is 3.10. The van der Waals surface area contributed by atoms with Crippen LogP contribution in [0.1, 0.15) is 42.5 Å². The number of rotatable bonds is 10. The van der Waals surface area contributed by atoms with Gasteiger partial charge < -0.3 is 24.2 Å². The number of aliphatic hydroxyl groups excluding tert-OH is 1. The standard InChI is InChI=1S/C27H31NO6/c1-6-13-34-20-9-7-8-18(15-20)24-23(26(30)27(31)28(24)12-14-32-4)25(29)19-10-11-22(33-5)21(16-19)17(2)3/h6-11,15-17,24,29H,1,12-14H2,2-5H3/b25-23+. The van der Waals surface area contributed by atoms with Crippen molar-refractivity contribution >= 4 is 17.4 Å². The number of ketones is 1. The Hall–Kier alpha value is -3.58. The number of amides is 1. The highest BCUT2D eigenvalue weighted by Gasteiger charge is 2.46. The number of benzene rings is 2. The van der Waals surface area contributed by atoms with Gasteiger partial charge in [-0.25, -0.2) is 0 Å². The summed E-state index contributed by atoms with van der Waals surface area (Å²) in [6.45, 7) is 8.44. The summed E-state index contributed by atoms with van der Waals surface area (Å²) in [7, 11) is 3.11. The third-order valence-electron chi connectivity index (χ3n) is 5.74. The lowest BCUT2D eigenvalue weighted by atomic mass is 9.93. The molecule has 0 saturated carbocycles. The summed E-state index contributed by atoms with van der Waals surface area (Å²) in [6.07, 6.45) is 1.63. The first-order chi connectivity index (χ1) is 16.3. The molecule has 0 spiro atoms. The van der Waals surface area contributed by atoms with E-state index in [9.17, 15) is 14.7 Å². The smallest absolute Gasteiger partial charge is 0.295 e. The molecule has 1 fully saturated rings. The molecule has 1 heterocycles. The van der Waals surface area contributed by atoms with Crippen LogP contribution in [0.3, 0.4) is 0 Å². The maximum Gasteiger partial charge on any atom is 0.295 e. The molecule has 7 heteroatoms. The Morgan fingerprint density at radius 2 is 1.94 bits per heavy atom. The molecule has 0 aromatic heterocycles. The number of hydrogen-bond acceptors (Lipinski definition) is 6.